The van der Waals surface area contributed by atoms with Crippen LogP contribution >= 0.6 is 0 Å². The van der Waals surface area contributed by atoms with Gasteiger partial charge in [0.2, 0.25) is 0 Å². The second kappa shape index (κ2) is 7.16. The van der Waals surface area contributed by atoms with E-state index >= 15 is 0 Å². The fraction of sp³-hybridized carbons (Fsp3) is 0.562. The molecule has 104 valence electrons. The van der Waals surface area contributed by atoms with Crippen LogP contribution in [-0.4, -0.2) is 13.7 Å². The van der Waals surface area contributed by atoms with Crippen molar-refractivity contribution in [1.82, 2.24) is 5.32 Å². The molecule has 0 aromatic heterocycles. The smallest absolute Gasteiger partial charge is 0.122 e. The van der Waals surface area contributed by atoms with Crippen LogP contribution in [-0.2, 0) is 0 Å². The monoisotopic (exact) mass is 260 g/mol. The summed E-state index contributed by atoms with van der Waals surface area (Å²) in [5.41, 5.74) is 2.25. The number of nitriles is 1. The summed E-state index contributed by atoms with van der Waals surface area (Å²) in [7, 11) is 1.91. The summed E-state index contributed by atoms with van der Waals surface area (Å²) in [6.45, 7) is 8.86. The Bertz CT molecular complexity index is 449. The minimum Gasteiger partial charge on any atom is -0.494 e. The van der Waals surface area contributed by atoms with Crippen LogP contribution in [0.15, 0.2) is 18.2 Å². The van der Waals surface area contributed by atoms with Crippen LogP contribution in [0.4, 0.5) is 0 Å². The number of benzene rings is 1. The molecule has 0 aliphatic carbocycles. The molecule has 1 aromatic carbocycles. The van der Waals surface area contributed by atoms with Gasteiger partial charge in [-0.15, -0.1) is 0 Å². The summed E-state index contributed by atoms with van der Waals surface area (Å²) in [5, 5.41) is 12.6. The normalized spacial score (nSPS) is 13.9. The first-order chi connectivity index (χ1) is 9.04. The first-order valence-corrected chi connectivity index (χ1v) is 6.85. The largest absolute Gasteiger partial charge is 0.494 e. The minimum atomic E-state index is -0.0395. The highest BCUT2D eigenvalue weighted by Gasteiger charge is 2.24. The van der Waals surface area contributed by atoms with Crippen molar-refractivity contribution in [3.8, 4) is 11.8 Å². The van der Waals surface area contributed by atoms with Gasteiger partial charge in [0.05, 0.1) is 18.6 Å². The average Bonchev–Trinajstić information content (AvgIpc) is 2.38. The van der Waals surface area contributed by atoms with E-state index in [1.807, 2.05) is 33.0 Å². The maximum Gasteiger partial charge on any atom is 0.122 e. The van der Waals surface area contributed by atoms with Crippen LogP contribution in [0.1, 0.15) is 37.9 Å². The predicted octanol–water partition coefficient (Wildman–Crippen LogP) is 3.45. The van der Waals surface area contributed by atoms with Gasteiger partial charge in [0.1, 0.15) is 5.75 Å². The lowest BCUT2D eigenvalue weighted by Crippen LogP contribution is -2.27. The van der Waals surface area contributed by atoms with Gasteiger partial charge in [-0.3, -0.25) is 0 Å². The van der Waals surface area contributed by atoms with Crippen molar-refractivity contribution < 1.29 is 4.74 Å². The fourth-order valence-corrected chi connectivity index (χ4v) is 2.35. The molecule has 1 rings (SSSR count). The van der Waals surface area contributed by atoms with Gasteiger partial charge in [0.25, 0.3) is 0 Å². The van der Waals surface area contributed by atoms with Gasteiger partial charge in [-0.2, -0.15) is 5.26 Å². The highest BCUT2D eigenvalue weighted by atomic mass is 16.5. The van der Waals surface area contributed by atoms with E-state index in [9.17, 15) is 5.26 Å². The maximum atomic E-state index is 9.35. The van der Waals surface area contributed by atoms with Crippen LogP contribution in [0.25, 0.3) is 0 Å². The Morgan fingerprint density at radius 3 is 2.47 bits per heavy atom. The summed E-state index contributed by atoms with van der Waals surface area (Å²) in [5.74, 6) is 1.19. The number of rotatable bonds is 6. The van der Waals surface area contributed by atoms with Gasteiger partial charge in [-0.25, -0.2) is 0 Å². The summed E-state index contributed by atoms with van der Waals surface area (Å²) in [6, 6.07) is 8.62. The molecule has 0 saturated heterocycles. The van der Waals surface area contributed by atoms with E-state index in [1.54, 1.807) is 0 Å². The van der Waals surface area contributed by atoms with E-state index < -0.39 is 0 Å². The quantitative estimate of drug-likeness (QED) is 0.852. The highest BCUT2D eigenvalue weighted by Crippen LogP contribution is 2.30. The Morgan fingerprint density at radius 1 is 1.37 bits per heavy atom. The first kappa shape index (κ1) is 15.5. The van der Waals surface area contributed by atoms with Gasteiger partial charge in [0, 0.05) is 6.04 Å². The van der Waals surface area contributed by atoms with E-state index in [4.69, 9.17) is 4.74 Å². The number of nitrogens with zero attached hydrogens (tertiary/aromatic N) is 1. The lowest BCUT2D eigenvalue weighted by atomic mass is 9.85. The molecule has 0 spiro atoms. The number of hydrogen-bond acceptors (Lipinski definition) is 3. The molecule has 0 aliphatic heterocycles. The Labute approximate surface area is 116 Å². The van der Waals surface area contributed by atoms with Gasteiger partial charge >= 0.3 is 0 Å². The molecule has 1 N–H and O–H groups in total. The Hall–Kier alpha value is -1.53. The zero-order valence-corrected chi connectivity index (χ0v) is 12.5. The van der Waals surface area contributed by atoms with Crippen LogP contribution in [0, 0.1) is 30.1 Å². The van der Waals surface area contributed by atoms with Crippen LogP contribution in [0.3, 0.4) is 0 Å². The first-order valence-electron chi connectivity index (χ1n) is 6.85. The molecule has 0 bridgehead atoms. The van der Waals surface area contributed by atoms with E-state index in [0.717, 1.165) is 16.9 Å². The minimum absolute atomic E-state index is 0.0395. The summed E-state index contributed by atoms with van der Waals surface area (Å²) < 4.78 is 5.55. The molecule has 3 nitrogen and oxygen atoms in total. The molecule has 0 radical (unpaired) electrons. The average molecular weight is 260 g/mol. The molecular formula is C16H24N2O. The topological polar surface area (TPSA) is 45.0 Å². The number of aryl methyl sites for hydroxylation is 1. The van der Waals surface area contributed by atoms with Crippen LogP contribution in [0.2, 0.25) is 0 Å². The molecule has 0 aliphatic rings. The fourth-order valence-electron chi connectivity index (χ4n) is 2.35. The molecule has 3 heteroatoms. The Kier molecular flexibility index (Phi) is 5.85. The zero-order chi connectivity index (χ0) is 14.4. The molecule has 1 aromatic rings. The van der Waals surface area contributed by atoms with Gasteiger partial charge in [-0.05, 0) is 44.0 Å². The maximum absolute atomic E-state index is 9.35. The van der Waals surface area contributed by atoms with E-state index in [1.165, 1.54) is 0 Å². The molecule has 0 heterocycles. The van der Waals surface area contributed by atoms with Gasteiger partial charge in [-0.1, -0.05) is 26.0 Å². The van der Waals surface area contributed by atoms with E-state index in [-0.39, 0.29) is 12.0 Å². The van der Waals surface area contributed by atoms with Crippen molar-refractivity contribution in [3.05, 3.63) is 29.3 Å². The number of hydrogen-bond donors (Lipinski definition) is 1. The second-order valence-corrected chi connectivity index (χ2v) is 5.12. The standard InChI is InChI=1S/C16H24N2O/c1-6-19-15-8-7-13(9-12(15)4)16(18-5)14(10-17)11(2)3/h7-9,11,14,16,18H,6H2,1-5H3. The Balaban J connectivity index is 3.06. The second-order valence-electron chi connectivity index (χ2n) is 5.12. The van der Waals surface area contributed by atoms with Crippen molar-refractivity contribution in [2.75, 3.05) is 13.7 Å². The molecule has 2 atom stereocenters. The molecular weight excluding hydrogens is 236 g/mol. The Morgan fingerprint density at radius 2 is 2.05 bits per heavy atom. The van der Waals surface area contributed by atoms with Crippen LogP contribution in [0.5, 0.6) is 5.75 Å². The van der Waals surface area contributed by atoms with Gasteiger partial charge in [0.15, 0.2) is 0 Å². The van der Waals surface area contributed by atoms with Gasteiger partial charge < -0.3 is 10.1 Å². The van der Waals surface area contributed by atoms with E-state index in [2.05, 4.69) is 31.3 Å². The molecule has 0 fully saturated rings. The zero-order valence-electron chi connectivity index (χ0n) is 12.5. The predicted molar refractivity (Wildman–Crippen MR) is 78.1 cm³/mol. The number of ether oxygens (including phenoxy) is 1. The summed E-state index contributed by atoms with van der Waals surface area (Å²) >= 11 is 0. The third-order valence-corrected chi connectivity index (χ3v) is 3.40. The summed E-state index contributed by atoms with van der Waals surface area (Å²) in [6.07, 6.45) is 0. The lowest BCUT2D eigenvalue weighted by molar-refractivity contribution is 0.336. The number of nitrogens with one attached hydrogen (secondary N) is 1. The lowest BCUT2D eigenvalue weighted by Gasteiger charge is -2.25. The molecule has 0 amide bonds. The van der Waals surface area contributed by atoms with Crippen molar-refractivity contribution in [2.24, 2.45) is 11.8 Å². The van der Waals surface area contributed by atoms with Crippen LogP contribution < -0.4 is 10.1 Å². The third-order valence-electron chi connectivity index (χ3n) is 3.40. The van der Waals surface area contributed by atoms with Crippen molar-refractivity contribution in [1.29, 1.82) is 5.26 Å². The van der Waals surface area contributed by atoms with Crippen molar-refractivity contribution >= 4 is 0 Å². The third kappa shape index (κ3) is 3.71. The SMILES string of the molecule is CCOc1ccc(C(NC)C(C#N)C(C)C)cc1C. The van der Waals surface area contributed by atoms with Crippen molar-refractivity contribution in [3.63, 3.8) is 0 Å². The summed E-state index contributed by atoms with van der Waals surface area (Å²) in [4.78, 5) is 0. The van der Waals surface area contributed by atoms with E-state index in [0.29, 0.717) is 12.5 Å². The molecule has 19 heavy (non-hydrogen) atoms. The highest BCUT2D eigenvalue weighted by molar-refractivity contribution is 5.38. The molecule has 2 unspecified atom stereocenters. The molecule has 0 saturated carbocycles. The van der Waals surface area contributed by atoms with Crippen molar-refractivity contribution in [2.45, 2.75) is 33.7 Å².